The van der Waals surface area contributed by atoms with Crippen LogP contribution < -0.4 is 10.2 Å². The summed E-state index contributed by atoms with van der Waals surface area (Å²) in [4.78, 5) is 7.00. The predicted octanol–water partition coefficient (Wildman–Crippen LogP) is 2.39. The van der Waals surface area contributed by atoms with Crippen LogP contribution in [0, 0.1) is 11.3 Å². The quantitative estimate of drug-likeness (QED) is 0.905. The van der Waals surface area contributed by atoms with E-state index in [1.54, 1.807) is 0 Å². The van der Waals surface area contributed by atoms with E-state index in [-0.39, 0.29) is 0 Å². The molecule has 1 N–H and O–H groups in total. The van der Waals surface area contributed by atoms with E-state index in [9.17, 15) is 0 Å². The minimum atomic E-state index is 0.334. The maximum absolute atomic E-state index is 8.93. The van der Waals surface area contributed by atoms with E-state index < -0.39 is 0 Å². The van der Waals surface area contributed by atoms with E-state index in [4.69, 9.17) is 16.9 Å². The van der Waals surface area contributed by atoms with Crippen LogP contribution in [0.15, 0.2) is 0 Å². The molecule has 4 nitrogen and oxygen atoms in total. The first-order valence-corrected chi connectivity index (χ1v) is 7.42. The van der Waals surface area contributed by atoms with Gasteiger partial charge < -0.3 is 10.2 Å². The molecule has 2 aliphatic heterocycles. The molecule has 2 atom stereocenters. The average Bonchev–Trinajstić information content (AvgIpc) is 2.91. The monoisotopic (exact) mass is 282 g/mol. The Kier molecular flexibility index (Phi) is 3.18. The van der Waals surface area contributed by atoms with Crippen LogP contribution in [-0.2, 0) is 0 Å². The molecule has 6 heteroatoms. The second kappa shape index (κ2) is 4.69. The highest BCUT2D eigenvalue weighted by Gasteiger charge is 2.35. The summed E-state index contributed by atoms with van der Waals surface area (Å²) in [7, 11) is 2.06. The number of nitriles is 1. The predicted molar refractivity (Wildman–Crippen MR) is 73.2 cm³/mol. The fourth-order valence-corrected chi connectivity index (χ4v) is 4.09. The van der Waals surface area contributed by atoms with Gasteiger partial charge in [-0.1, -0.05) is 22.9 Å². The Morgan fingerprint density at radius 2 is 2.11 bits per heavy atom. The normalized spacial score (nSPS) is 30.2. The lowest BCUT2D eigenvalue weighted by Crippen LogP contribution is -2.47. The van der Waals surface area contributed by atoms with Gasteiger partial charge in [-0.3, -0.25) is 0 Å². The van der Waals surface area contributed by atoms with Crippen molar-refractivity contribution in [2.75, 3.05) is 11.9 Å². The number of aromatic nitrogens is 1. The SMILES string of the molecule is CN(c1nc(Cl)c(C#N)s1)C1CC2CCC(C1)N2. The summed E-state index contributed by atoms with van der Waals surface area (Å²) in [5, 5.41) is 13.8. The highest BCUT2D eigenvalue weighted by atomic mass is 35.5. The van der Waals surface area contributed by atoms with Crippen LogP contribution in [0.25, 0.3) is 0 Å². The molecule has 1 aromatic heterocycles. The molecule has 0 radical (unpaired) electrons. The summed E-state index contributed by atoms with van der Waals surface area (Å²) in [6.07, 6.45) is 4.90. The number of halogens is 1. The molecule has 3 heterocycles. The molecular formula is C12H15ClN4S. The summed E-state index contributed by atoms with van der Waals surface area (Å²) < 4.78 is 0. The zero-order valence-corrected chi connectivity index (χ0v) is 11.8. The maximum Gasteiger partial charge on any atom is 0.188 e. The van der Waals surface area contributed by atoms with Crippen LogP contribution in [0.1, 0.15) is 30.6 Å². The Bertz CT molecular complexity index is 483. The van der Waals surface area contributed by atoms with Crippen LogP contribution in [0.3, 0.4) is 0 Å². The maximum atomic E-state index is 8.93. The summed E-state index contributed by atoms with van der Waals surface area (Å²) in [6, 6.07) is 3.91. The molecule has 0 aromatic carbocycles. The third kappa shape index (κ3) is 2.09. The summed E-state index contributed by atoms with van der Waals surface area (Å²) >= 11 is 7.32. The van der Waals surface area contributed by atoms with Crippen LogP contribution in [0.4, 0.5) is 5.13 Å². The zero-order chi connectivity index (χ0) is 12.7. The van der Waals surface area contributed by atoms with E-state index in [1.807, 2.05) is 0 Å². The Morgan fingerprint density at radius 3 is 2.67 bits per heavy atom. The molecule has 2 fully saturated rings. The molecule has 0 aliphatic carbocycles. The van der Waals surface area contributed by atoms with Gasteiger partial charge in [0.1, 0.15) is 10.9 Å². The summed E-state index contributed by atoms with van der Waals surface area (Å²) in [5.41, 5.74) is 0. The standard InChI is InChI=1S/C12H15ClN4S/c1-17(12-16-11(13)10(6-14)18-12)9-4-7-2-3-8(5-9)15-7/h7-9,15H,2-5H2,1H3. The number of anilines is 1. The van der Waals surface area contributed by atoms with E-state index in [0.717, 1.165) is 18.0 Å². The molecule has 1 aromatic rings. The van der Waals surface area contributed by atoms with E-state index in [2.05, 4.69) is 28.3 Å². The number of thiazole rings is 1. The Morgan fingerprint density at radius 1 is 1.44 bits per heavy atom. The number of hydrogen-bond acceptors (Lipinski definition) is 5. The van der Waals surface area contributed by atoms with Crippen LogP contribution >= 0.6 is 22.9 Å². The molecule has 2 saturated heterocycles. The van der Waals surface area contributed by atoms with Crippen molar-refractivity contribution in [3.05, 3.63) is 10.0 Å². The van der Waals surface area contributed by atoms with Gasteiger partial charge in [0.15, 0.2) is 10.3 Å². The summed E-state index contributed by atoms with van der Waals surface area (Å²) in [6.45, 7) is 0. The lowest BCUT2D eigenvalue weighted by molar-refractivity contribution is 0.354. The van der Waals surface area contributed by atoms with Gasteiger partial charge in [-0.25, -0.2) is 4.98 Å². The first-order chi connectivity index (χ1) is 8.67. The van der Waals surface area contributed by atoms with Crippen molar-refractivity contribution >= 4 is 28.1 Å². The van der Waals surface area contributed by atoms with Gasteiger partial charge >= 0.3 is 0 Å². The largest absolute Gasteiger partial charge is 0.348 e. The van der Waals surface area contributed by atoms with Gasteiger partial charge in [-0.15, -0.1) is 0 Å². The molecular weight excluding hydrogens is 268 g/mol. The van der Waals surface area contributed by atoms with Crippen LogP contribution in [0.5, 0.6) is 0 Å². The van der Waals surface area contributed by atoms with Crippen molar-refractivity contribution in [2.24, 2.45) is 0 Å². The highest BCUT2D eigenvalue weighted by Crippen LogP contribution is 2.34. The average molecular weight is 283 g/mol. The van der Waals surface area contributed by atoms with Gasteiger partial charge in [0.25, 0.3) is 0 Å². The van der Waals surface area contributed by atoms with Gasteiger partial charge in [0.05, 0.1) is 0 Å². The second-order valence-electron chi connectivity index (χ2n) is 5.10. The van der Waals surface area contributed by atoms with Gasteiger partial charge in [-0.05, 0) is 25.7 Å². The molecule has 2 aliphatic rings. The molecule has 0 amide bonds. The second-order valence-corrected chi connectivity index (χ2v) is 6.44. The lowest BCUT2D eigenvalue weighted by Gasteiger charge is -2.35. The fraction of sp³-hybridized carbons (Fsp3) is 0.667. The molecule has 0 saturated carbocycles. The number of piperidine rings is 1. The van der Waals surface area contributed by atoms with Crippen LogP contribution in [0.2, 0.25) is 5.15 Å². The van der Waals surface area contributed by atoms with E-state index >= 15 is 0 Å². The number of hydrogen-bond donors (Lipinski definition) is 1. The van der Waals surface area contributed by atoms with Crippen molar-refractivity contribution in [1.82, 2.24) is 10.3 Å². The number of nitrogens with zero attached hydrogens (tertiary/aromatic N) is 3. The smallest absolute Gasteiger partial charge is 0.188 e. The minimum Gasteiger partial charge on any atom is -0.348 e. The van der Waals surface area contributed by atoms with Crippen molar-refractivity contribution in [3.63, 3.8) is 0 Å². The van der Waals surface area contributed by atoms with Gasteiger partial charge in [-0.2, -0.15) is 5.26 Å². The fourth-order valence-electron chi connectivity index (χ4n) is 3.01. The number of rotatable bonds is 2. The minimum absolute atomic E-state index is 0.334. The van der Waals surface area contributed by atoms with Crippen LogP contribution in [-0.4, -0.2) is 30.2 Å². The lowest BCUT2D eigenvalue weighted by atomic mass is 9.99. The molecule has 0 spiro atoms. The molecule has 2 bridgehead atoms. The highest BCUT2D eigenvalue weighted by molar-refractivity contribution is 7.16. The Balaban J connectivity index is 1.77. The van der Waals surface area contributed by atoms with Gasteiger partial charge in [0.2, 0.25) is 0 Å². The molecule has 18 heavy (non-hydrogen) atoms. The van der Waals surface area contributed by atoms with E-state index in [1.165, 1.54) is 24.2 Å². The Labute approximate surface area is 116 Å². The third-order valence-corrected chi connectivity index (χ3v) is 5.41. The van der Waals surface area contributed by atoms with E-state index in [0.29, 0.717) is 28.2 Å². The molecule has 96 valence electrons. The first-order valence-electron chi connectivity index (χ1n) is 6.22. The molecule has 2 unspecified atom stereocenters. The first kappa shape index (κ1) is 12.2. The zero-order valence-electron chi connectivity index (χ0n) is 10.2. The Hall–Kier alpha value is -0.830. The van der Waals surface area contributed by atoms with Crippen molar-refractivity contribution in [3.8, 4) is 6.07 Å². The topological polar surface area (TPSA) is 52.0 Å². The number of fused-ring (bicyclic) bond motifs is 2. The summed E-state index contributed by atoms with van der Waals surface area (Å²) in [5.74, 6) is 0. The van der Waals surface area contributed by atoms with Crippen molar-refractivity contribution in [2.45, 2.75) is 43.8 Å². The van der Waals surface area contributed by atoms with Crippen molar-refractivity contribution < 1.29 is 0 Å². The molecule has 3 rings (SSSR count). The van der Waals surface area contributed by atoms with Crippen molar-refractivity contribution in [1.29, 1.82) is 5.26 Å². The van der Waals surface area contributed by atoms with Gasteiger partial charge in [0, 0.05) is 25.2 Å². The third-order valence-electron chi connectivity index (χ3n) is 3.97. The number of nitrogens with one attached hydrogen (secondary N) is 1.